The summed E-state index contributed by atoms with van der Waals surface area (Å²) in [4.78, 5) is 16.5. The van der Waals surface area contributed by atoms with E-state index in [4.69, 9.17) is 9.47 Å². The largest absolute Gasteiger partial charge is 0.497 e. The van der Waals surface area contributed by atoms with E-state index in [-0.39, 0.29) is 18.6 Å². The Morgan fingerprint density at radius 3 is 2.70 bits per heavy atom. The van der Waals surface area contributed by atoms with Crippen LogP contribution < -0.4 is 20.1 Å². The molecule has 1 aromatic heterocycles. The fourth-order valence-corrected chi connectivity index (χ4v) is 2.95. The molecule has 0 bridgehead atoms. The first kappa shape index (κ1) is 21.1. The quantitative estimate of drug-likeness (QED) is 0.577. The monoisotopic (exact) mass is 409 g/mol. The highest BCUT2D eigenvalue weighted by molar-refractivity contribution is 5.74. The van der Waals surface area contributed by atoms with Crippen LogP contribution >= 0.6 is 0 Å². The van der Waals surface area contributed by atoms with Crippen molar-refractivity contribution >= 4 is 6.03 Å². The van der Waals surface area contributed by atoms with Gasteiger partial charge >= 0.3 is 6.03 Å². The number of carbonyl (C=O) groups excluding carboxylic acids is 1. The number of hydrogen-bond acceptors (Lipinski definition) is 4. The normalized spacial score (nSPS) is 11.4. The van der Waals surface area contributed by atoms with Gasteiger partial charge < -0.3 is 20.1 Å². The lowest BCUT2D eigenvalue weighted by Crippen LogP contribution is -2.41. The number of aromatic nitrogens is 1. The van der Waals surface area contributed by atoms with Crippen LogP contribution in [0.4, 0.5) is 9.18 Å². The molecule has 0 spiro atoms. The smallest absolute Gasteiger partial charge is 0.315 e. The van der Waals surface area contributed by atoms with Crippen molar-refractivity contribution in [3.63, 3.8) is 0 Å². The summed E-state index contributed by atoms with van der Waals surface area (Å²) in [6.07, 6.45) is 2.25. The number of nitrogens with zero attached hydrogens (tertiary/aromatic N) is 1. The van der Waals surface area contributed by atoms with Gasteiger partial charge in [0.1, 0.15) is 17.3 Å². The van der Waals surface area contributed by atoms with Gasteiger partial charge in [0, 0.05) is 30.4 Å². The molecule has 0 radical (unpaired) electrons. The summed E-state index contributed by atoms with van der Waals surface area (Å²) in [5, 5.41) is 5.72. The zero-order valence-electron chi connectivity index (χ0n) is 16.9. The Bertz CT molecular complexity index is 997. The van der Waals surface area contributed by atoms with Crippen LogP contribution in [0, 0.1) is 5.82 Å². The maximum absolute atomic E-state index is 13.4. The first-order valence-electron chi connectivity index (χ1n) is 9.58. The fraction of sp³-hybridized carbons (Fsp3) is 0.217. The van der Waals surface area contributed by atoms with E-state index in [1.807, 2.05) is 31.2 Å². The topological polar surface area (TPSA) is 72.5 Å². The molecule has 6 nitrogen and oxygen atoms in total. The molecule has 0 aliphatic rings. The van der Waals surface area contributed by atoms with Crippen LogP contribution in [0.3, 0.4) is 0 Å². The lowest BCUT2D eigenvalue weighted by atomic mass is 10.1. The second-order valence-electron chi connectivity index (χ2n) is 6.81. The number of carbonyl (C=O) groups is 1. The molecule has 2 N–H and O–H groups in total. The Morgan fingerprint density at radius 2 is 1.90 bits per heavy atom. The molecule has 0 saturated carbocycles. The predicted molar refractivity (Wildman–Crippen MR) is 112 cm³/mol. The van der Waals surface area contributed by atoms with Gasteiger partial charge in [-0.3, -0.25) is 0 Å². The SMILES string of the molecule is COc1cccc(CC(C)NC(=O)NCc2cccnc2Oc2cccc(F)c2)c1. The molecule has 0 aliphatic carbocycles. The van der Waals surface area contributed by atoms with E-state index < -0.39 is 5.82 Å². The van der Waals surface area contributed by atoms with E-state index in [1.54, 1.807) is 37.6 Å². The minimum absolute atomic E-state index is 0.0750. The number of methoxy groups -OCH3 is 1. The Morgan fingerprint density at radius 1 is 1.10 bits per heavy atom. The highest BCUT2D eigenvalue weighted by Gasteiger charge is 2.11. The molecule has 7 heteroatoms. The van der Waals surface area contributed by atoms with Crippen molar-refractivity contribution < 1.29 is 18.7 Å². The molecule has 1 atom stereocenters. The summed E-state index contributed by atoms with van der Waals surface area (Å²) in [6.45, 7) is 2.15. The summed E-state index contributed by atoms with van der Waals surface area (Å²) in [5.41, 5.74) is 1.75. The van der Waals surface area contributed by atoms with Gasteiger partial charge in [0.2, 0.25) is 5.88 Å². The maximum atomic E-state index is 13.4. The molecule has 2 aromatic carbocycles. The molecule has 0 fully saturated rings. The molecule has 0 saturated heterocycles. The highest BCUT2D eigenvalue weighted by Crippen LogP contribution is 2.23. The minimum atomic E-state index is -0.396. The second kappa shape index (κ2) is 10.2. The van der Waals surface area contributed by atoms with Gasteiger partial charge in [-0.05, 0) is 49.2 Å². The summed E-state index contributed by atoms with van der Waals surface area (Å²) < 4.78 is 24.3. The molecule has 0 aliphatic heterocycles. The number of rotatable bonds is 8. The Hall–Kier alpha value is -3.61. The van der Waals surface area contributed by atoms with Crippen LogP contribution in [0.15, 0.2) is 66.9 Å². The standard InChI is InChI=1S/C23H24FN3O3/c1-16(12-17-6-3-9-20(13-17)29-2)27-23(28)26-15-18-7-5-11-25-22(18)30-21-10-4-8-19(24)14-21/h3-11,13-14,16H,12,15H2,1-2H3,(H2,26,27,28). The van der Waals surface area contributed by atoms with Crippen molar-refractivity contribution in [2.45, 2.75) is 25.9 Å². The van der Waals surface area contributed by atoms with Crippen molar-refractivity contribution in [2.75, 3.05) is 7.11 Å². The van der Waals surface area contributed by atoms with Crippen molar-refractivity contribution in [3.05, 3.63) is 83.8 Å². The van der Waals surface area contributed by atoms with Crippen molar-refractivity contribution in [3.8, 4) is 17.4 Å². The number of benzene rings is 2. The van der Waals surface area contributed by atoms with Crippen molar-refractivity contribution in [1.82, 2.24) is 15.6 Å². The third-order valence-corrected chi connectivity index (χ3v) is 4.35. The number of hydrogen-bond donors (Lipinski definition) is 2. The summed E-state index contributed by atoms with van der Waals surface area (Å²) >= 11 is 0. The maximum Gasteiger partial charge on any atom is 0.315 e. The number of nitrogens with one attached hydrogen (secondary N) is 2. The molecular formula is C23H24FN3O3. The predicted octanol–water partition coefficient (Wildman–Crippen LogP) is 4.45. The molecule has 1 unspecified atom stereocenters. The van der Waals surface area contributed by atoms with E-state index in [9.17, 15) is 9.18 Å². The number of ether oxygens (including phenoxy) is 2. The van der Waals surface area contributed by atoms with Gasteiger partial charge in [-0.2, -0.15) is 0 Å². The van der Waals surface area contributed by atoms with Gasteiger partial charge in [-0.25, -0.2) is 14.2 Å². The summed E-state index contributed by atoms with van der Waals surface area (Å²) in [5.74, 6) is 1.04. The second-order valence-corrected chi connectivity index (χ2v) is 6.81. The molecule has 3 rings (SSSR count). The Kier molecular flexibility index (Phi) is 7.21. The molecule has 30 heavy (non-hydrogen) atoms. The van der Waals surface area contributed by atoms with Crippen molar-refractivity contribution in [1.29, 1.82) is 0 Å². The zero-order chi connectivity index (χ0) is 21.3. The first-order chi connectivity index (χ1) is 14.5. The van der Waals surface area contributed by atoms with Crippen molar-refractivity contribution in [2.24, 2.45) is 0 Å². The van der Waals surface area contributed by atoms with Crippen LogP contribution in [0.25, 0.3) is 0 Å². The third kappa shape index (κ3) is 6.20. The number of urea groups is 1. The third-order valence-electron chi connectivity index (χ3n) is 4.35. The minimum Gasteiger partial charge on any atom is -0.497 e. The van der Waals surface area contributed by atoms with Gasteiger partial charge in [0.25, 0.3) is 0 Å². The van der Waals surface area contributed by atoms with Crippen LogP contribution in [-0.2, 0) is 13.0 Å². The van der Waals surface area contributed by atoms with E-state index in [0.717, 1.165) is 11.3 Å². The lowest BCUT2D eigenvalue weighted by molar-refractivity contribution is 0.237. The molecular weight excluding hydrogens is 385 g/mol. The summed E-state index contributed by atoms with van der Waals surface area (Å²) in [7, 11) is 1.62. The van der Waals surface area contributed by atoms with Crippen LogP contribution in [-0.4, -0.2) is 24.2 Å². The van der Waals surface area contributed by atoms with Gasteiger partial charge in [-0.1, -0.05) is 24.3 Å². The van der Waals surface area contributed by atoms with Crippen LogP contribution in [0.2, 0.25) is 0 Å². The first-order valence-corrected chi connectivity index (χ1v) is 9.58. The van der Waals surface area contributed by atoms with E-state index in [1.165, 1.54) is 12.1 Å². The number of halogens is 1. The van der Waals surface area contributed by atoms with Gasteiger partial charge in [-0.15, -0.1) is 0 Å². The van der Waals surface area contributed by atoms with E-state index in [0.29, 0.717) is 23.6 Å². The average Bonchev–Trinajstić information content (AvgIpc) is 2.73. The van der Waals surface area contributed by atoms with Gasteiger partial charge in [0.15, 0.2) is 0 Å². The molecule has 156 valence electrons. The summed E-state index contributed by atoms with van der Waals surface area (Å²) in [6, 6.07) is 16.7. The van der Waals surface area contributed by atoms with Crippen LogP contribution in [0.5, 0.6) is 17.4 Å². The average molecular weight is 409 g/mol. The Labute approximate surface area is 175 Å². The van der Waals surface area contributed by atoms with E-state index in [2.05, 4.69) is 15.6 Å². The number of pyridine rings is 1. The van der Waals surface area contributed by atoms with E-state index >= 15 is 0 Å². The molecule has 1 heterocycles. The Balaban J connectivity index is 1.54. The number of amides is 2. The zero-order valence-corrected chi connectivity index (χ0v) is 16.9. The van der Waals surface area contributed by atoms with Crippen LogP contribution in [0.1, 0.15) is 18.1 Å². The van der Waals surface area contributed by atoms with Gasteiger partial charge in [0.05, 0.1) is 7.11 Å². The molecule has 3 aromatic rings. The lowest BCUT2D eigenvalue weighted by Gasteiger charge is -2.16. The highest BCUT2D eigenvalue weighted by atomic mass is 19.1. The fourth-order valence-electron chi connectivity index (χ4n) is 2.95. The molecule has 2 amide bonds.